The largest absolute Gasteiger partial charge is 0.0985 e. The van der Waals surface area contributed by atoms with Crippen LogP contribution in [0.2, 0.25) is 0 Å². The number of allylic oxidation sites excluding steroid dienone is 1. The average molecular weight is 321 g/mol. The molecule has 0 aromatic heterocycles. The Labute approximate surface area is 148 Å². The molecule has 0 nitrogen and oxygen atoms in total. The smallest absolute Gasteiger partial charge is 0.0132 e. The van der Waals surface area contributed by atoms with Gasteiger partial charge in [-0.05, 0) is 27.5 Å². The van der Waals surface area contributed by atoms with Crippen molar-refractivity contribution in [1.29, 1.82) is 0 Å². The SMILES string of the molecule is C=Cc1ccc(C(C)(C)C)cc1.CC(C)(C)C=Cc1ccccc1. The van der Waals surface area contributed by atoms with Crippen molar-refractivity contribution in [1.82, 2.24) is 0 Å². The second-order valence-corrected chi connectivity index (χ2v) is 8.19. The molecule has 0 unspecified atom stereocenters. The van der Waals surface area contributed by atoms with Crippen molar-refractivity contribution in [3.05, 3.63) is 83.9 Å². The summed E-state index contributed by atoms with van der Waals surface area (Å²) in [5.74, 6) is 0. The Morgan fingerprint density at radius 2 is 1.25 bits per heavy atom. The Morgan fingerprint density at radius 3 is 1.67 bits per heavy atom. The first-order valence-electron chi connectivity index (χ1n) is 8.59. The molecule has 0 aliphatic carbocycles. The van der Waals surface area contributed by atoms with Gasteiger partial charge >= 0.3 is 0 Å². The van der Waals surface area contributed by atoms with Gasteiger partial charge in [0.2, 0.25) is 0 Å². The second kappa shape index (κ2) is 8.68. The molecule has 0 heterocycles. The fourth-order valence-corrected chi connectivity index (χ4v) is 2.03. The van der Waals surface area contributed by atoms with Crippen molar-refractivity contribution >= 4 is 12.2 Å². The van der Waals surface area contributed by atoms with Gasteiger partial charge in [0.1, 0.15) is 0 Å². The summed E-state index contributed by atoms with van der Waals surface area (Å²) in [6, 6.07) is 18.9. The maximum absolute atomic E-state index is 3.72. The zero-order valence-electron chi connectivity index (χ0n) is 16.1. The van der Waals surface area contributed by atoms with Crippen LogP contribution in [-0.2, 0) is 5.41 Å². The standard InChI is InChI=1S/2C12H16/c1-12(2,3)10-9-11-7-5-4-6-8-11;1-5-10-6-8-11(9-7-10)12(2,3)4/h4-10H,1-3H3;5-9H,1H2,2-4H3. The molecule has 128 valence electrons. The van der Waals surface area contributed by atoms with Crippen LogP contribution in [-0.4, -0.2) is 0 Å². The molecule has 2 rings (SSSR count). The molecule has 0 aliphatic heterocycles. The summed E-state index contributed by atoms with van der Waals surface area (Å²) >= 11 is 0. The van der Waals surface area contributed by atoms with E-state index in [0.29, 0.717) is 0 Å². The van der Waals surface area contributed by atoms with Crippen molar-refractivity contribution in [2.75, 3.05) is 0 Å². The molecule has 24 heavy (non-hydrogen) atoms. The Balaban J connectivity index is 0.000000240. The summed E-state index contributed by atoms with van der Waals surface area (Å²) in [6.07, 6.45) is 6.26. The van der Waals surface area contributed by atoms with Crippen LogP contribution < -0.4 is 0 Å². The topological polar surface area (TPSA) is 0 Å². The third kappa shape index (κ3) is 7.97. The average Bonchev–Trinajstić information content (AvgIpc) is 2.53. The molecule has 0 heteroatoms. The van der Waals surface area contributed by atoms with Crippen molar-refractivity contribution in [3.63, 3.8) is 0 Å². The lowest BCUT2D eigenvalue weighted by Gasteiger charge is -2.18. The highest BCUT2D eigenvalue weighted by Crippen LogP contribution is 2.22. The Hall–Kier alpha value is -2.08. The lowest BCUT2D eigenvalue weighted by atomic mass is 9.87. The molecule has 0 atom stereocenters. The van der Waals surface area contributed by atoms with E-state index in [1.807, 2.05) is 12.1 Å². The summed E-state index contributed by atoms with van der Waals surface area (Å²) in [5.41, 5.74) is 4.35. The molecule has 0 bridgehead atoms. The monoisotopic (exact) mass is 320 g/mol. The van der Waals surface area contributed by atoms with Gasteiger partial charge in [0.05, 0.1) is 0 Å². The summed E-state index contributed by atoms with van der Waals surface area (Å²) in [6.45, 7) is 17.0. The van der Waals surface area contributed by atoms with Gasteiger partial charge in [-0.15, -0.1) is 0 Å². The number of hydrogen-bond acceptors (Lipinski definition) is 0. The molecule has 2 aromatic carbocycles. The molecule has 2 aromatic rings. The normalized spacial score (nSPS) is 11.8. The number of hydrogen-bond donors (Lipinski definition) is 0. The van der Waals surface area contributed by atoms with Crippen molar-refractivity contribution in [2.24, 2.45) is 5.41 Å². The van der Waals surface area contributed by atoms with Gasteiger partial charge < -0.3 is 0 Å². The Morgan fingerprint density at radius 1 is 0.708 bits per heavy atom. The fourth-order valence-electron chi connectivity index (χ4n) is 2.03. The third-order valence-corrected chi connectivity index (χ3v) is 3.59. The first-order chi connectivity index (χ1) is 11.1. The van der Waals surface area contributed by atoms with Gasteiger partial charge in [0, 0.05) is 0 Å². The summed E-state index contributed by atoms with van der Waals surface area (Å²) in [7, 11) is 0. The minimum atomic E-state index is 0.250. The van der Waals surface area contributed by atoms with Gasteiger partial charge in [-0.3, -0.25) is 0 Å². The van der Waals surface area contributed by atoms with Gasteiger partial charge in [-0.25, -0.2) is 0 Å². The van der Waals surface area contributed by atoms with E-state index in [9.17, 15) is 0 Å². The third-order valence-electron chi connectivity index (χ3n) is 3.59. The highest BCUT2D eigenvalue weighted by atomic mass is 14.2. The van der Waals surface area contributed by atoms with Crippen LogP contribution in [0.15, 0.2) is 67.3 Å². The van der Waals surface area contributed by atoms with E-state index in [2.05, 4.69) is 109 Å². The Kier molecular flexibility index (Phi) is 7.22. The summed E-state index contributed by atoms with van der Waals surface area (Å²) in [5, 5.41) is 0. The first-order valence-corrected chi connectivity index (χ1v) is 8.59. The highest BCUT2D eigenvalue weighted by Gasteiger charge is 2.12. The van der Waals surface area contributed by atoms with Crippen molar-refractivity contribution in [3.8, 4) is 0 Å². The van der Waals surface area contributed by atoms with Gasteiger partial charge in [0.15, 0.2) is 0 Å². The maximum Gasteiger partial charge on any atom is -0.0132 e. The van der Waals surface area contributed by atoms with E-state index in [4.69, 9.17) is 0 Å². The Bertz CT molecular complexity index is 629. The molecule has 0 saturated heterocycles. The molecule has 0 radical (unpaired) electrons. The predicted molar refractivity (Wildman–Crippen MR) is 110 cm³/mol. The van der Waals surface area contributed by atoms with Gasteiger partial charge in [0.25, 0.3) is 0 Å². The van der Waals surface area contributed by atoms with Gasteiger partial charge in [-0.2, -0.15) is 0 Å². The van der Waals surface area contributed by atoms with E-state index < -0.39 is 0 Å². The molecule has 0 spiro atoms. The summed E-state index contributed by atoms with van der Waals surface area (Å²) in [4.78, 5) is 0. The van der Waals surface area contributed by atoms with E-state index >= 15 is 0 Å². The second-order valence-electron chi connectivity index (χ2n) is 8.19. The first kappa shape index (κ1) is 20.0. The lowest BCUT2D eigenvalue weighted by Crippen LogP contribution is -2.10. The van der Waals surface area contributed by atoms with E-state index in [1.54, 1.807) is 0 Å². The van der Waals surface area contributed by atoms with E-state index in [1.165, 1.54) is 16.7 Å². The molecule has 0 saturated carbocycles. The van der Waals surface area contributed by atoms with Crippen molar-refractivity contribution in [2.45, 2.75) is 47.0 Å². The van der Waals surface area contributed by atoms with Gasteiger partial charge in [-0.1, -0.05) is 121 Å². The summed E-state index contributed by atoms with van der Waals surface area (Å²) < 4.78 is 0. The van der Waals surface area contributed by atoms with Crippen LogP contribution in [0.3, 0.4) is 0 Å². The number of rotatable bonds is 2. The maximum atomic E-state index is 3.72. The molecular formula is C24H32. The van der Waals surface area contributed by atoms with E-state index in [0.717, 1.165) is 0 Å². The number of benzene rings is 2. The van der Waals surface area contributed by atoms with Crippen molar-refractivity contribution < 1.29 is 0 Å². The molecule has 0 fully saturated rings. The van der Waals surface area contributed by atoms with Crippen LogP contribution in [0.5, 0.6) is 0 Å². The van der Waals surface area contributed by atoms with Crippen LogP contribution >= 0.6 is 0 Å². The van der Waals surface area contributed by atoms with E-state index in [-0.39, 0.29) is 10.8 Å². The minimum absolute atomic E-state index is 0.250. The molecular weight excluding hydrogens is 288 g/mol. The van der Waals surface area contributed by atoms with Crippen LogP contribution in [0, 0.1) is 5.41 Å². The quantitative estimate of drug-likeness (QED) is 0.541. The van der Waals surface area contributed by atoms with Crippen LogP contribution in [0.1, 0.15) is 58.2 Å². The fraction of sp³-hybridized carbons (Fsp3) is 0.333. The predicted octanol–water partition coefficient (Wildman–Crippen LogP) is 7.37. The minimum Gasteiger partial charge on any atom is -0.0985 e. The molecule has 0 N–H and O–H groups in total. The zero-order valence-corrected chi connectivity index (χ0v) is 16.1. The molecule has 0 aliphatic rings. The highest BCUT2D eigenvalue weighted by molar-refractivity contribution is 5.49. The molecule has 0 amide bonds. The van der Waals surface area contributed by atoms with Crippen LogP contribution in [0.25, 0.3) is 12.2 Å². The van der Waals surface area contributed by atoms with Crippen LogP contribution in [0.4, 0.5) is 0 Å². The zero-order chi connectivity index (χ0) is 18.2. The lowest BCUT2D eigenvalue weighted by molar-refractivity contribution is 0.547.